The summed E-state index contributed by atoms with van der Waals surface area (Å²) in [5.41, 5.74) is 0. The van der Waals surface area contributed by atoms with Crippen LogP contribution in [0.25, 0.3) is 0 Å². The molecule has 0 atom stereocenters. The molecule has 7 nitrogen and oxygen atoms in total. The number of sulfonamides is 2. The summed E-state index contributed by atoms with van der Waals surface area (Å²) in [4.78, 5) is 3.34. The van der Waals surface area contributed by atoms with Crippen molar-refractivity contribution in [1.82, 2.24) is 9.66 Å². The molecule has 0 saturated carbocycles. The minimum Gasteiger partial charge on any atom is -0.384 e. The minimum atomic E-state index is -3.64. The van der Waals surface area contributed by atoms with E-state index in [4.69, 9.17) is 0 Å². The SMILES string of the molecule is COCCS(=O)(=O)NNS(C)(=O)=O. The van der Waals surface area contributed by atoms with Gasteiger partial charge >= 0.3 is 0 Å². The van der Waals surface area contributed by atoms with E-state index >= 15 is 0 Å². The van der Waals surface area contributed by atoms with Gasteiger partial charge in [-0.3, -0.25) is 0 Å². The van der Waals surface area contributed by atoms with Gasteiger partial charge in [0.15, 0.2) is 0 Å². The lowest BCUT2D eigenvalue weighted by atomic mass is 10.9. The third-order valence-electron chi connectivity index (χ3n) is 0.939. The average Bonchev–Trinajstić information content (AvgIpc) is 1.97. The van der Waals surface area contributed by atoms with Crippen LogP contribution in [0.15, 0.2) is 0 Å². The molecular weight excluding hydrogens is 220 g/mol. The number of hydrazine groups is 1. The van der Waals surface area contributed by atoms with Crippen molar-refractivity contribution in [3.05, 3.63) is 0 Å². The van der Waals surface area contributed by atoms with Gasteiger partial charge in [-0.05, 0) is 0 Å². The fourth-order valence-corrected chi connectivity index (χ4v) is 1.98. The van der Waals surface area contributed by atoms with Crippen LogP contribution in [0.5, 0.6) is 0 Å². The molecule has 0 aliphatic heterocycles. The summed E-state index contributed by atoms with van der Waals surface area (Å²) in [6.07, 6.45) is 0.839. The van der Waals surface area contributed by atoms with Crippen LogP contribution in [0.4, 0.5) is 0 Å². The smallest absolute Gasteiger partial charge is 0.227 e. The number of ether oxygens (including phenoxy) is 1. The molecule has 0 amide bonds. The van der Waals surface area contributed by atoms with E-state index in [1.807, 2.05) is 0 Å². The zero-order chi connectivity index (χ0) is 10.5. The molecule has 0 saturated heterocycles. The molecule has 0 spiro atoms. The first-order valence-electron chi connectivity index (χ1n) is 3.22. The molecule has 80 valence electrons. The first-order valence-corrected chi connectivity index (χ1v) is 6.76. The highest BCUT2D eigenvalue weighted by Crippen LogP contribution is 1.82. The summed E-state index contributed by atoms with van der Waals surface area (Å²) >= 11 is 0. The maximum Gasteiger partial charge on any atom is 0.227 e. The Morgan fingerprint density at radius 3 is 2.08 bits per heavy atom. The Hall–Kier alpha value is -0.220. The Morgan fingerprint density at radius 1 is 1.15 bits per heavy atom. The lowest BCUT2D eigenvalue weighted by molar-refractivity contribution is 0.217. The summed E-state index contributed by atoms with van der Waals surface area (Å²) in [5, 5.41) is 0. The van der Waals surface area contributed by atoms with Gasteiger partial charge in [-0.25, -0.2) is 16.8 Å². The summed E-state index contributed by atoms with van der Waals surface area (Å²) in [6, 6.07) is 0. The van der Waals surface area contributed by atoms with Gasteiger partial charge < -0.3 is 4.74 Å². The van der Waals surface area contributed by atoms with Gasteiger partial charge in [-0.2, -0.15) is 0 Å². The van der Waals surface area contributed by atoms with Gasteiger partial charge in [0.25, 0.3) is 0 Å². The average molecular weight is 232 g/mol. The van der Waals surface area contributed by atoms with Crippen molar-refractivity contribution in [2.24, 2.45) is 0 Å². The number of hydrogen-bond acceptors (Lipinski definition) is 5. The molecular formula is C4H12N2O5S2. The second-order valence-corrected chi connectivity index (χ2v) is 5.88. The summed E-state index contributed by atoms with van der Waals surface area (Å²) in [5.74, 6) is -0.300. The van der Waals surface area contributed by atoms with Crippen molar-refractivity contribution in [1.29, 1.82) is 0 Å². The lowest BCUT2D eigenvalue weighted by Crippen LogP contribution is -2.42. The van der Waals surface area contributed by atoms with Crippen LogP contribution < -0.4 is 9.66 Å². The van der Waals surface area contributed by atoms with Crippen LogP contribution in [0.1, 0.15) is 0 Å². The fourth-order valence-electron chi connectivity index (χ4n) is 0.383. The van der Waals surface area contributed by atoms with Gasteiger partial charge in [-0.15, -0.1) is 9.66 Å². The van der Waals surface area contributed by atoms with Gasteiger partial charge in [0.05, 0.1) is 18.6 Å². The molecule has 0 aliphatic carbocycles. The Balaban J connectivity index is 4.05. The normalized spacial score (nSPS) is 13.1. The summed E-state index contributed by atoms with van der Waals surface area (Å²) in [6.45, 7) is 0.000769. The highest BCUT2D eigenvalue weighted by molar-refractivity contribution is 7.92. The van der Waals surface area contributed by atoms with Crippen molar-refractivity contribution in [3.8, 4) is 0 Å². The second-order valence-electron chi connectivity index (χ2n) is 2.29. The molecule has 0 aromatic heterocycles. The maximum absolute atomic E-state index is 10.9. The van der Waals surface area contributed by atoms with E-state index < -0.39 is 20.0 Å². The van der Waals surface area contributed by atoms with Crippen LogP contribution in [-0.2, 0) is 24.8 Å². The molecule has 0 aromatic rings. The molecule has 13 heavy (non-hydrogen) atoms. The largest absolute Gasteiger partial charge is 0.384 e. The predicted octanol–water partition coefficient (Wildman–Crippen LogP) is -1.98. The number of hydrogen-bond donors (Lipinski definition) is 2. The number of methoxy groups -OCH3 is 1. The highest BCUT2D eigenvalue weighted by Gasteiger charge is 2.11. The van der Waals surface area contributed by atoms with Crippen molar-refractivity contribution in [3.63, 3.8) is 0 Å². The third kappa shape index (κ3) is 8.12. The number of nitrogens with one attached hydrogen (secondary N) is 2. The molecule has 0 fully saturated rings. The van der Waals surface area contributed by atoms with Crippen LogP contribution >= 0.6 is 0 Å². The maximum atomic E-state index is 10.9. The summed E-state index contributed by atoms with van der Waals surface area (Å²) < 4.78 is 47.3. The molecule has 0 radical (unpaired) electrons. The van der Waals surface area contributed by atoms with Crippen LogP contribution in [0.3, 0.4) is 0 Å². The second kappa shape index (κ2) is 4.86. The van der Waals surface area contributed by atoms with E-state index in [1.54, 1.807) is 9.66 Å². The predicted molar refractivity (Wildman–Crippen MR) is 46.8 cm³/mol. The Bertz CT molecular complexity index is 332. The first-order chi connectivity index (χ1) is 5.77. The van der Waals surface area contributed by atoms with Gasteiger partial charge in [0.2, 0.25) is 20.0 Å². The molecule has 0 bridgehead atoms. The Labute approximate surface area is 77.5 Å². The van der Waals surface area contributed by atoms with E-state index in [-0.39, 0.29) is 12.4 Å². The fraction of sp³-hybridized carbons (Fsp3) is 1.00. The molecule has 0 aliphatic rings. The van der Waals surface area contributed by atoms with Crippen molar-refractivity contribution in [2.75, 3.05) is 25.7 Å². The molecule has 0 unspecified atom stereocenters. The van der Waals surface area contributed by atoms with Gasteiger partial charge in [0.1, 0.15) is 0 Å². The minimum absolute atomic E-state index is 0.000769. The quantitative estimate of drug-likeness (QED) is 0.517. The molecule has 2 N–H and O–H groups in total. The zero-order valence-electron chi connectivity index (χ0n) is 7.27. The standard InChI is InChI=1S/C4H12N2O5S2/c1-11-3-4-13(9,10)6-5-12(2,7)8/h5-6H,3-4H2,1-2H3. The molecule has 0 aromatic carbocycles. The summed E-state index contributed by atoms with van der Waals surface area (Å²) in [7, 11) is -5.86. The van der Waals surface area contributed by atoms with Crippen molar-refractivity contribution in [2.45, 2.75) is 0 Å². The van der Waals surface area contributed by atoms with Crippen LogP contribution in [0, 0.1) is 0 Å². The van der Waals surface area contributed by atoms with Crippen molar-refractivity contribution >= 4 is 20.0 Å². The topological polar surface area (TPSA) is 102 Å². The van der Waals surface area contributed by atoms with Crippen molar-refractivity contribution < 1.29 is 21.6 Å². The molecule has 0 rings (SSSR count). The van der Waals surface area contributed by atoms with E-state index in [0.717, 1.165) is 6.26 Å². The molecule has 9 heteroatoms. The first kappa shape index (κ1) is 12.8. The lowest BCUT2D eigenvalue weighted by Gasteiger charge is -2.05. The van der Waals surface area contributed by atoms with Crippen LogP contribution in [-0.4, -0.2) is 42.6 Å². The monoisotopic (exact) mass is 232 g/mol. The van der Waals surface area contributed by atoms with E-state index in [2.05, 4.69) is 4.74 Å². The molecule has 0 heterocycles. The third-order valence-corrected chi connectivity index (χ3v) is 2.66. The van der Waals surface area contributed by atoms with E-state index in [9.17, 15) is 16.8 Å². The highest BCUT2D eigenvalue weighted by atomic mass is 32.2. The van der Waals surface area contributed by atoms with E-state index in [1.165, 1.54) is 7.11 Å². The number of rotatable bonds is 6. The Kier molecular flexibility index (Phi) is 4.78. The van der Waals surface area contributed by atoms with E-state index in [0.29, 0.717) is 0 Å². The van der Waals surface area contributed by atoms with Gasteiger partial charge in [0, 0.05) is 7.11 Å². The van der Waals surface area contributed by atoms with Gasteiger partial charge in [-0.1, -0.05) is 0 Å². The van der Waals surface area contributed by atoms with Crippen LogP contribution in [0.2, 0.25) is 0 Å². The zero-order valence-corrected chi connectivity index (χ0v) is 8.90. The Morgan fingerprint density at radius 2 is 1.69 bits per heavy atom.